The van der Waals surface area contributed by atoms with Gasteiger partial charge in [0, 0.05) is 24.5 Å². The second-order valence-corrected chi connectivity index (χ2v) is 6.10. The third-order valence-corrected chi connectivity index (χ3v) is 4.46. The van der Waals surface area contributed by atoms with Crippen molar-refractivity contribution in [3.63, 3.8) is 0 Å². The van der Waals surface area contributed by atoms with Crippen LogP contribution in [0.1, 0.15) is 47.5 Å². The van der Waals surface area contributed by atoms with E-state index >= 15 is 0 Å². The molecule has 0 aliphatic heterocycles. The summed E-state index contributed by atoms with van der Waals surface area (Å²) in [6.07, 6.45) is 8.14. The molecule has 1 aromatic carbocycles. The van der Waals surface area contributed by atoms with Gasteiger partial charge in [0.05, 0.1) is 15.5 Å². The highest BCUT2D eigenvalue weighted by molar-refractivity contribution is 6.34. The highest BCUT2D eigenvalue weighted by Crippen LogP contribution is 2.33. The number of carbonyl (C=O) groups is 1. The quantitative estimate of drug-likeness (QED) is 0.667. The Morgan fingerprint density at radius 2 is 1.92 bits per heavy atom. The molecule has 0 atom stereocenters. The number of nitrogens with zero attached hydrogens (tertiary/aromatic N) is 3. The van der Waals surface area contributed by atoms with Gasteiger partial charge < -0.3 is 0 Å². The van der Waals surface area contributed by atoms with Gasteiger partial charge in [-0.25, -0.2) is 9.97 Å². The van der Waals surface area contributed by atoms with Crippen molar-refractivity contribution >= 4 is 29.1 Å². The van der Waals surface area contributed by atoms with Crippen molar-refractivity contribution in [2.75, 3.05) is 5.32 Å². The Morgan fingerprint density at radius 3 is 2.54 bits per heavy atom. The fourth-order valence-corrected chi connectivity index (χ4v) is 3.05. The number of nitro groups is 1. The molecular formula is C16H15ClN4O3. The first kappa shape index (κ1) is 16.3. The summed E-state index contributed by atoms with van der Waals surface area (Å²) in [5, 5.41) is 13.5. The minimum Gasteiger partial charge on any atom is -0.290 e. The normalized spacial score (nSPS) is 14.5. The molecule has 0 bridgehead atoms. The Bertz CT molecular complexity index is 773. The molecule has 0 unspecified atom stereocenters. The van der Waals surface area contributed by atoms with Crippen molar-refractivity contribution in [2.45, 2.75) is 31.6 Å². The van der Waals surface area contributed by atoms with E-state index in [-0.39, 0.29) is 22.2 Å². The maximum Gasteiger partial charge on any atom is 0.270 e. The zero-order chi connectivity index (χ0) is 17.1. The van der Waals surface area contributed by atoms with Gasteiger partial charge in [0.2, 0.25) is 5.95 Å². The molecule has 0 radical (unpaired) electrons. The molecule has 8 heteroatoms. The van der Waals surface area contributed by atoms with E-state index in [0.29, 0.717) is 5.92 Å². The summed E-state index contributed by atoms with van der Waals surface area (Å²) in [7, 11) is 0. The number of anilines is 1. The van der Waals surface area contributed by atoms with E-state index in [1.54, 1.807) is 12.4 Å². The van der Waals surface area contributed by atoms with Crippen molar-refractivity contribution in [2.24, 2.45) is 0 Å². The Morgan fingerprint density at radius 1 is 1.25 bits per heavy atom. The van der Waals surface area contributed by atoms with Crippen LogP contribution in [-0.2, 0) is 0 Å². The largest absolute Gasteiger partial charge is 0.290 e. The number of rotatable bonds is 4. The molecule has 1 heterocycles. The van der Waals surface area contributed by atoms with Crippen LogP contribution in [0, 0.1) is 10.1 Å². The first-order chi connectivity index (χ1) is 11.5. The molecular weight excluding hydrogens is 332 g/mol. The monoisotopic (exact) mass is 346 g/mol. The lowest BCUT2D eigenvalue weighted by molar-refractivity contribution is -0.384. The highest BCUT2D eigenvalue weighted by atomic mass is 35.5. The number of hydrogen-bond donors (Lipinski definition) is 1. The van der Waals surface area contributed by atoms with Gasteiger partial charge in [-0.3, -0.25) is 20.2 Å². The third-order valence-electron chi connectivity index (χ3n) is 4.13. The minimum atomic E-state index is -0.586. The molecule has 1 aliphatic carbocycles. The number of carbonyl (C=O) groups excluding carboxylic acids is 1. The van der Waals surface area contributed by atoms with Crippen molar-refractivity contribution in [1.82, 2.24) is 9.97 Å². The van der Waals surface area contributed by atoms with Gasteiger partial charge in [-0.05, 0) is 30.4 Å². The van der Waals surface area contributed by atoms with Crippen LogP contribution in [0.3, 0.4) is 0 Å². The SMILES string of the molecule is O=C(Nc1ncc(C2CCCC2)cn1)c1cc([N+](=O)[O-])ccc1Cl. The fraction of sp³-hybridized carbons (Fsp3) is 0.312. The number of nitro benzene ring substituents is 1. The number of hydrogen-bond acceptors (Lipinski definition) is 5. The molecule has 2 aromatic rings. The van der Waals surface area contributed by atoms with Crippen molar-refractivity contribution in [1.29, 1.82) is 0 Å². The lowest BCUT2D eigenvalue weighted by atomic mass is 10.0. The molecule has 124 valence electrons. The molecule has 3 rings (SSSR count). The maximum absolute atomic E-state index is 12.3. The second-order valence-electron chi connectivity index (χ2n) is 5.70. The fourth-order valence-electron chi connectivity index (χ4n) is 2.84. The van der Waals surface area contributed by atoms with Crippen LogP contribution >= 0.6 is 11.6 Å². The van der Waals surface area contributed by atoms with Crippen LogP contribution in [0.15, 0.2) is 30.6 Å². The first-order valence-corrected chi connectivity index (χ1v) is 7.99. The predicted octanol–water partition coefficient (Wildman–Crippen LogP) is 3.95. The summed E-state index contributed by atoms with van der Waals surface area (Å²) in [6, 6.07) is 3.69. The van der Waals surface area contributed by atoms with E-state index in [1.807, 2.05) is 0 Å². The molecule has 1 aliphatic rings. The van der Waals surface area contributed by atoms with Gasteiger partial charge in [0.15, 0.2) is 0 Å². The first-order valence-electron chi connectivity index (χ1n) is 7.62. The molecule has 24 heavy (non-hydrogen) atoms. The van der Waals surface area contributed by atoms with Crippen LogP contribution in [0.5, 0.6) is 0 Å². The van der Waals surface area contributed by atoms with Crippen LogP contribution in [-0.4, -0.2) is 20.8 Å². The smallest absolute Gasteiger partial charge is 0.270 e. The van der Waals surface area contributed by atoms with E-state index in [2.05, 4.69) is 15.3 Å². The summed E-state index contributed by atoms with van der Waals surface area (Å²) < 4.78 is 0. The van der Waals surface area contributed by atoms with Gasteiger partial charge in [0.25, 0.3) is 11.6 Å². The van der Waals surface area contributed by atoms with Crippen LogP contribution in [0.2, 0.25) is 5.02 Å². The van der Waals surface area contributed by atoms with E-state index < -0.39 is 10.8 Å². The number of amides is 1. The Balaban J connectivity index is 1.75. The zero-order valence-corrected chi connectivity index (χ0v) is 13.5. The molecule has 0 saturated heterocycles. The van der Waals surface area contributed by atoms with Crippen LogP contribution in [0.25, 0.3) is 0 Å². The standard InChI is InChI=1S/C16H15ClN4O3/c17-14-6-5-12(21(23)24)7-13(14)15(22)20-16-18-8-11(9-19-16)10-3-1-2-4-10/h5-10H,1-4H2,(H,18,19,20,22). The van der Waals surface area contributed by atoms with Crippen molar-refractivity contribution in [3.05, 3.63) is 56.9 Å². The highest BCUT2D eigenvalue weighted by Gasteiger charge is 2.19. The molecule has 0 spiro atoms. The average molecular weight is 347 g/mol. The minimum absolute atomic E-state index is 0.00864. The molecule has 7 nitrogen and oxygen atoms in total. The Kier molecular flexibility index (Phi) is 4.71. The van der Waals surface area contributed by atoms with Gasteiger partial charge >= 0.3 is 0 Å². The summed E-state index contributed by atoms with van der Waals surface area (Å²) >= 11 is 5.95. The molecule has 1 fully saturated rings. The van der Waals surface area contributed by atoms with E-state index in [9.17, 15) is 14.9 Å². The third kappa shape index (κ3) is 3.51. The van der Waals surface area contributed by atoms with Gasteiger partial charge in [0.1, 0.15) is 0 Å². The number of halogens is 1. The Labute approximate surface area is 143 Å². The summed E-state index contributed by atoms with van der Waals surface area (Å²) in [5.41, 5.74) is 0.871. The molecule has 1 aromatic heterocycles. The lowest BCUT2D eigenvalue weighted by Crippen LogP contribution is -2.15. The average Bonchev–Trinajstić information content (AvgIpc) is 3.10. The number of aromatic nitrogens is 2. The van der Waals surface area contributed by atoms with Crippen LogP contribution < -0.4 is 5.32 Å². The van der Waals surface area contributed by atoms with Gasteiger partial charge in [-0.2, -0.15) is 0 Å². The number of benzene rings is 1. The number of non-ortho nitro benzene ring substituents is 1. The van der Waals surface area contributed by atoms with Gasteiger partial charge in [-0.1, -0.05) is 24.4 Å². The van der Waals surface area contributed by atoms with Crippen molar-refractivity contribution < 1.29 is 9.72 Å². The molecule has 1 amide bonds. The van der Waals surface area contributed by atoms with E-state index in [4.69, 9.17) is 11.6 Å². The molecule has 1 saturated carbocycles. The predicted molar refractivity (Wildman–Crippen MR) is 89.3 cm³/mol. The van der Waals surface area contributed by atoms with E-state index in [1.165, 1.54) is 25.0 Å². The van der Waals surface area contributed by atoms with Crippen LogP contribution in [0.4, 0.5) is 11.6 Å². The summed E-state index contributed by atoms with van der Waals surface area (Å²) in [4.78, 5) is 30.8. The molecule has 1 N–H and O–H groups in total. The maximum atomic E-state index is 12.3. The van der Waals surface area contributed by atoms with Gasteiger partial charge in [-0.15, -0.1) is 0 Å². The zero-order valence-electron chi connectivity index (χ0n) is 12.7. The topological polar surface area (TPSA) is 98.0 Å². The Hall–Kier alpha value is -2.54. The summed E-state index contributed by atoms with van der Waals surface area (Å²) in [5.74, 6) is 0.0441. The van der Waals surface area contributed by atoms with E-state index in [0.717, 1.165) is 24.5 Å². The number of nitrogens with one attached hydrogen (secondary N) is 1. The van der Waals surface area contributed by atoms with Crippen molar-refractivity contribution in [3.8, 4) is 0 Å². The second kappa shape index (κ2) is 6.92. The lowest BCUT2D eigenvalue weighted by Gasteiger charge is -2.09. The summed E-state index contributed by atoms with van der Waals surface area (Å²) in [6.45, 7) is 0.